The molecule has 2 aromatic rings. The van der Waals surface area contributed by atoms with Gasteiger partial charge in [-0.15, -0.1) is 0 Å². The molecule has 0 heterocycles. The highest BCUT2D eigenvalue weighted by Crippen LogP contribution is 2.47. The molecule has 1 aliphatic rings. The summed E-state index contributed by atoms with van der Waals surface area (Å²) >= 11 is 11.9. The fourth-order valence-electron chi connectivity index (χ4n) is 2.63. The van der Waals surface area contributed by atoms with E-state index in [2.05, 4.69) is 10.6 Å². The van der Waals surface area contributed by atoms with E-state index in [9.17, 15) is 9.59 Å². The van der Waals surface area contributed by atoms with E-state index in [-0.39, 0.29) is 11.8 Å². The number of anilines is 1. The number of rotatable bonds is 6. The Morgan fingerprint density at radius 3 is 2.35 bits per heavy atom. The third-order valence-electron chi connectivity index (χ3n) is 4.40. The molecule has 2 amide bonds. The number of nitrogens with one attached hydrogen (secondary N) is 2. The molecule has 1 saturated carbocycles. The van der Waals surface area contributed by atoms with Gasteiger partial charge in [0.05, 0.1) is 12.1 Å². The number of carbonyl (C=O) groups excluding carboxylic acids is 2. The van der Waals surface area contributed by atoms with E-state index in [0.29, 0.717) is 40.9 Å². The van der Waals surface area contributed by atoms with Gasteiger partial charge in [-0.2, -0.15) is 0 Å². The van der Waals surface area contributed by atoms with Gasteiger partial charge >= 0.3 is 0 Å². The van der Waals surface area contributed by atoms with Crippen LogP contribution in [-0.2, 0) is 16.1 Å². The summed E-state index contributed by atoms with van der Waals surface area (Å²) in [5.74, 6) is -0.0802. The van der Waals surface area contributed by atoms with E-state index in [0.717, 1.165) is 5.56 Å². The standard InChI is InChI=1S/C19H18Cl2N2O3/c1-26-16-7-6-14(10-15(16)21)23-18(25)19(8-9-19)17(24)22-11-12-2-4-13(20)5-3-12/h2-7,10H,8-9,11H2,1H3,(H,22,24)(H,23,25). The average Bonchev–Trinajstić information content (AvgIpc) is 3.43. The summed E-state index contributed by atoms with van der Waals surface area (Å²) in [4.78, 5) is 25.1. The molecule has 2 aromatic carbocycles. The summed E-state index contributed by atoms with van der Waals surface area (Å²) in [5.41, 5.74) is 0.428. The van der Waals surface area contributed by atoms with Gasteiger partial charge in [0.15, 0.2) is 0 Å². The van der Waals surface area contributed by atoms with Crippen LogP contribution in [0, 0.1) is 5.41 Å². The molecule has 0 atom stereocenters. The minimum absolute atomic E-state index is 0.274. The second kappa shape index (κ2) is 7.56. The molecule has 1 fully saturated rings. The molecule has 0 spiro atoms. The Morgan fingerprint density at radius 1 is 1.08 bits per heavy atom. The second-order valence-electron chi connectivity index (χ2n) is 6.19. The lowest BCUT2D eigenvalue weighted by molar-refractivity contribution is -0.134. The van der Waals surface area contributed by atoms with Gasteiger partial charge in [-0.05, 0) is 48.7 Å². The molecule has 0 bridgehead atoms. The van der Waals surface area contributed by atoms with Crippen molar-refractivity contribution in [1.82, 2.24) is 5.32 Å². The largest absolute Gasteiger partial charge is 0.495 e. The molecule has 136 valence electrons. The molecule has 26 heavy (non-hydrogen) atoms. The van der Waals surface area contributed by atoms with Crippen LogP contribution >= 0.6 is 23.2 Å². The summed E-state index contributed by atoms with van der Waals surface area (Å²) in [6, 6.07) is 12.1. The van der Waals surface area contributed by atoms with Crippen molar-refractivity contribution in [3.8, 4) is 5.75 Å². The van der Waals surface area contributed by atoms with Gasteiger partial charge in [0, 0.05) is 17.3 Å². The van der Waals surface area contributed by atoms with Crippen LogP contribution in [0.3, 0.4) is 0 Å². The van der Waals surface area contributed by atoms with Gasteiger partial charge in [0.25, 0.3) is 0 Å². The molecular formula is C19H18Cl2N2O3. The molecule has 0 unspecified atom stereocenters. The minimum Gasteiger partial charge on any atom is -0.495 e. The molecule has 3 rings (SSSR count). The van der Waals surface area contributed by atoms with Crippen LogP contribution < -0.4 is 15.4 Å². The van der Waals surface area contributed by atoms with Crippen LogP contribution in [0.1, 0.15) is 18.4 Å². The smallest absolute Gasteiger partial charge is 0.240 e. The Morgan fingerprint density at radius 2 is 1.77 bits per heavy atom. The fraction of sp³-hybridized carbons (Fsp3) is 0.263. The maximum Gasteiger partial charge on any atom is 0.240 e. The summed E-state index contributed by atoms with van der Waals surface area (Å²) in [7, 11) is 1.52. The van der Waals surface area contributed by atoms with Gasteiger partial charge in [-0.3, -0.25) is 9.59 Å². The highest BCUT2D eigenvalue weighted by Gasteiger charge is 2.56. The Balaban J connectivity index is 1.62. The number of methoxy groups -OCH3 is 1. The first-order chi connectivity index (χ1) is 12.4. The molecule has 0 saturated heterocycles. The van der Waals surface area contributed by atoms with Crippen molar-refractivity contribution in [1.29, 1.82) is 0 Å². The molecule has 2 N–H and O–H groups in total. The van der Waals surface area contributed by atoms with E-state index < -0.39 is 5.41 Å². The van der Waals surface area contributed by atoms with Crippen molar-refractivity contribution in [2.24, 2.45) is 5.41 Å². The number of hydrogen-bond acceptors (Lipinski definition) is 3. The van der Waals surface area contributed by atoms with Gasteiger partial charge in [0.1, 0.15) is 11.2 Å². The number of carbonyl (C=O) groups is 2. The zero-order valence-electron chi connectivity index (χ0n) is 14.1. The fourth-order valence-corrected chi connectivity index (χ4v) is 3.01. The highest BCUT2D eigenvalue weighted by atomic mass is 35.5. The third-order valence-corrected chi connectivity index (χ3v) is 4.94. The average molecular weight is 393 g/mol. The third kappa shape index (κ3) is 3.94. The van der Waals surface area contributed by atoms with E-state index >= 15 is 0 Å². The van der Waals surface area contributed by atoms with Crippen LogP contribution in [-0.4, -0.2) is 18.9 Å². The number of benzene rings is 2. The Bertz CT molecular complexity index is 833. The van der Waals surface area contributed by atoms with Crippen molar-refractivity contribution in [2.45, 2.75) is 19.4 Å². The number of hydrogen-bond donors (Lipinski definition) is 2. The van der Waals surface area contributed by atoms with Gasteiger partial charge < -0.3 is 15.4 Å². The van der Waals surface area contributed by atoms with E-state index in [1.807, 2.05) is 12.1 Å². The lowest BCUT2D eigenvalue weighted by Crippen LogP contribution is -2.39. The quantitative estimate of drug-likeness (QED) is 0.728. The summed E-state index contributed by atoms with van der Waals surface area (Å²) < 4.78 is 5.09. The molecule has 5 nitrogen and oxygen atoms in total. The highest BCUT2D eigenvalue weighted by molar-refractivity contribution is 6.32. The SMILES string of the molecule is COc1ccc(NC(=O)C2(C(=O)NCc3ccc(Cl)cc3)CC2)cc1Cl. The summed E-state index contributed by atoms with van der Waals surface area (Å²) in [6.45, 7) is 0.347. The van der Waals surface area contributed by atoms with Crippen LogP contribution in [0.4, 0.5) is 5.69 Å². The van der Waals surface area contributed by atoms with E-state index in [1.165, 1.54) is 7.11 Å². The van der Waals surface area contributed by atoms with Crippen LogP contribution in [0.2, 0.25) is 10.0 Å². The van der Waals surface area contributed by atoms with Crippen LogP contribution in [0.15, 0.2) is 42.5 Å². The maximum absolute atomic E-state index is 12.6. The molecule has 1 aliphatic carbocycles. The molecule has 0 radical (unpaired) electrons. The van der Waals surface area contributed by atoms with Gasteiger partial charge in [-0.25, -0.2) is 0 Å². The van der Waals surface area contributed by atoms with Crippen molar-refractivity contribution in [3.63, 3.8) is 0 Å². The Hall–Kier alpha value is -2.24. The minimum atomic E-state index is -1.02. The molecule has 0 aliphatic heterocycles. The van der Waals surface area contributed by atoms with Crippen molar-refractivity contribution in [2.75, 3.05) is 12.4 Å². The topological polar surface area (TPSA) is 67.4 Å². The van der Waals surface area contributed by atoms with E-state index in [4.69, 9.17) is 27.9 Å². The van der Waals surface area contributed by atoms with Gasteiger partial charge in [0.2, 0.25) is 11.8 Å². The zero-order chi connectivity index (χ0) is 18.7. The number of halogens is 2. The second-order valence-corrected chi connectivity index (χ2v) is 7.04. The first-order valence-corrected chi connectivity index (χ1v) is 8.88. The Labute approximate surface area is 161 Å². The Kier molecular flexibility index (Phi) is 5.39. The predicted molar refractivity (Wildman–Crippen MR) is 102 cm³/mol. The van der Waals surface area contributed by atoms with Crippen LogP contribution in [0.5, 0.6) is 5.75 Å². The molecular weight excluding hydrogens is 375 g/mol. The monoisotopic (exact) mass is 392 g/mol. The van der Waals surface area contributed by atoms with E-state index in [1.54, 1.807) is 30.3 Å². The van der Waals surface area contributed by atoms with Gasteiger partial charge in [-0.1, -0.05) is 35.3 Å². The number of ether oxygens (including phenoxy) is 1. The van der Waals surface area contributed by atoms with Crippen LogP contribution in [0.25, 0.3) is 0 Å². The first-order valence-electron chi connectivity index (χ1n) is 8.12. The normalized spacial score (nSPS) is 14.4. The van der Waals surface area contributed by atoms with Crippen molar-refractivity contribution >= 4 is 40.7 Å². The lowest BCUT2D eigenvalue weighted by atomic mass is 10.0. The maximum atomic E-state index is 12.6. The lowest BCUT2D eigenvalue weighted by Gasteiger charge is -2.16. The molecule has 7 heteroatoms. The predicted octanol–water partition coefficient (Wildman–Crippen LogP) is 4.04. The van der Waals surface area contributed by atoms with Crippen molar-refractivity contribution in [3.05, 3.63) is 58.1 Å². The first kappa shape index (κ1) is 18.5. The zero-order valence-corrected chi connectivity index (χ0v) is 15.7. The molecule has 0 aromatic heterocycles. The number of amides is 2. The summed E-state index contributed by atoms with van der Waals surface area (Å²) in [5, 5.41) is 6.62. The summed E-state index contributed by atoms with van der Waals surface area (Å²) in [6.07, 6.45) is 1.05. The van der Waals surface area contributed by atoms with Crippen molar-refractivity contribution < 1.29 is 14.3 Å².